The van der Waals surface area contributed by atoms with E-state index in [-0.39, 0.29) is 0 Å². The molecule has 0 aliphatic heterocycles. The van der Waals surface area contributed by atoms with Crippen molar-refractivity contribution in [2.45, 2.75) is 20.3 Å². The Morgan fingerprint density at radius 1 is 1.26 bits per heavy atom. The SMILES string of the molecule is CCSCCCNc1ccc(-c2csc(C)n2)cc1. The summed E-state index contributed by atoms with van der Waals surface area (Å²) in [5, 5.41) is 6.68. The fourth-order valence-corrected chi connectivity index (χ4v) is 3.07. The lowest BCUT2D eigenvalue weighted by molar-refractivity contribution is 0.992. The van der Waals surface area contributed by atoms with E-state index in [1.807, 2.05) is 18.7 Å². The summed E-state index contributed by atoms with van der Waals surface area (Å²) in [5.74, 6) is 2.45. The molecule has 0 fully saturated rings. The molecule has 0 aliphatic rings. The van der Waals surface area contributed by atoms with Crippen molar-refractivity contribution in [3.05, 3.63) is 34.7 Å². The Labute approximate surface area is 123 Å². The van der Waals surface area contributed by atoms with Gasteiger partial charge in [0.2, 0.25) is 0 Å². The van der Waals surface area contributed by atoms with E-state index in [4.69, 9.17) is 0 Å². The van der Waals surface area contributed by atoms with Crippen molar-refractivity contribution in [1.82, 2.24) is 4.98 Å². The van der Waals surface area contributed by atoms with Crippen molar-refractivity contribution in [2.24, 2.45) is 0 Å². The molecule has 0 saturated carbocycles. The molecule has 0 bridgehead atoms. The Hall–Kier alpha value is -1.00. The summed E-state index contributed by atoms with van der Waals surface area (Å²) in [6, 6.07) is 8.54. The minimum absolute atomic E-state index is 1.04. The standard InChI is InChI=1S/C15H20N2S2/c1-3-18-10-4-9-16-14-7-5-13(6-8-14)15-11-19-12(2)17-15/h5-8,11,16H,3-4,9-10H2,1-2H3. The number of hydrogen-bond acceptors (Lipinski definition) is 4. The molecule has 4 heteroatoms. The molecule has 0 atom stereocenters. The Balaban J connectivity index is 1.85. The van der Waals surface area contributed by atoms with E-state index in [1.165, 1.54) is 29.2 Å². The number of thioether (sulfide) groups is 1. The molecule has 0 unspecified atom stereocenters. The molecule has 1 aromatic heterocycles. The van der Waals surface area contributed by atoms with Crippen LogP contribution in [0.5, 0.6) is 0 Å². The second kappa shape index (κ2) is 7.56. The monoisotopic (exact) mass is 292 g/mol. The van der Waals surface area contributed by atoms with Crippen LogP contribution >= 0.6 is 23.1 Å². The molecule has 0 amide bonds. The van der Waals surface area contributed by atoms with Crippen LogP contribution in [0, 0.1) is 6.92 Å². The highest BCUT2D eigenvalue weighted by molar-refractivity contribution is 7.99. The molecule has 0 spiro atoms. The van der Waals surface area contributed by atoms with Gasteiger partial charge in [0.15, 0.2) is 0 Å². The fraction of sp³-hybridized carbons (Fsp3) is 0.400. The molecule has 2 nitrogen and oxygen atoms in total. The Kier molecular flexibility index (Phi) is 5.73. The molecule has 0 aliphatic carbocycles. The number of nitrogens with zero attached hydrogens (tertiary/aromatic N) is 1. The van der Waals surface area contributed by atoms with Crippen LogP contribution in [-0.2, 0) is 0 Å². The summed E-state index contributed by atoms with van der Waals surface area (Å²) in [6.07, 6.45) is 1.21. The summed E-state index contributed by atoms with van der Waals surface area (Å²) in [5.41, 5.74) is 3.46. The quantitative estimate of drug-likeness (QED) is 0.750. The maximum atomic E-state index is 4.50. The number of rotatable bonds is 7. The van der Waals surface area contributed by atoms with E-state index in [0.29, 0.717) is 0 Å². The first kappa shape index (κ1) is 14.4. The third kappa shape index (κ3) is 4.55. The van der Waals surface area contributed by atoms with Crippen molar-refractivity contribution in [3.63, 3.8) is 0 Å². The highest BCUT2D eigenvalue weighted by Crippen LogP contribution is 2.23. The molecule has 1 aromatic carbocycles. The van der Waals surface area contributed by atoms with E-state index in [2.05, 4.69) is 46.9 Å². The minimum atomic E-state index is 1.04. The molecule has 0 saturated heterocycles. The number of thiazole rings is 1. The van der Waals surface area contributed by atoms with Crippen LogP contribution < -0.4 is 5.32 Å². The van der Waals surface area contributed by atoms with Gasteiger partial charge in [-0.05, 0) is 37.0 Å². The van der Waals surface area contributed by atoms with Crippen LogP contribution in [0.3, 0.4) is 0 Å². The topological polar surface area (TPSA) is 24.9 Å². The number of aromatic nitrogens is 1. The summed E-state index contributed by atoms with van der Waals surface area (Å²) >= 11 is 3.69. The summed E-state index contributed by atoms with van der Waals surface area (Å²) in [6.45, 7) is 5.29. The van der Waals surface area contributed by atoms with E-state index in [0.717, 1.165) is 17.2 Å². The molecule has 2 aromatic rings. The van der Waals surface area contributed by atoms with Gasteiger partial charge in [0.1, 0.15) is 0 Å². The average molecular weight is 292 g/mol. The molecular formula is C15H20N2S2. The van der Waals surface area contributed by atoms with Gasteiger partial charge in [0, 0.05) is 23.2 Å². The van der Waals surface area contributed by atoms with Crippen molar-refractivity contribution in [1.29, 1.82) is 0 Å². The zero-order valence-electron chi connectivity index (χ0n) is 11.5. The minimum Gasteiger partial charge on any atom is -0.385 e. The van der Waals surface area contributed by atoms with E-state index in [9.17, 15) is 0 Å². The molecule has 19 heavy (non-hydrogen) atoms. The van der Waals surface area contributed by atoms with Crippen molar-refractivity contribution in [3.8, 4) is 11.3 Å². The number of nitrogens with one attached hydrogen (secondary N) is 1. The van der Waals surface area contributed by atoms with Crippen LogP contribution in [0.15, 0.2) is 29.6 Å². The highest BCUT2D eigenvalue weighted by atomic mass is 32.2. The van der Waals surface area contributed by atoms with Crippen LogP contribution in [0.25, 0.3) is 11.3 Å². The Morgan fingerprint density at radius 3 is 2.68 bits per heavy atom. The molecule has 1 heterocycles. The number of anilines is 1. The van der Waals surface area contributed by atoms with E-state index >= 15 is 0 Å². The van der Waals surface area contributed by atoms with Gasteiger partial charge in [0.05, 0.1) is 10.7 Å². The molecule has 0 radical (unpaired) electrons. The summed E-state index contributed by atoms with van der Waals surface area (Å²) in [7, 11) is 0. The number of aryl methyl sites for hydroxylation is 1. The van der Waals surface area contributed by atoms with Crippen LogP contribution in [-0.4, -0.2) is 23.0 Å². The zero-order chi connectivity index (χ0) is 13.5. The van der Waals surface area contributed by atoms with Crippen molar-refractivity contribution >= 4 is 28.8 Å². The molecule has 2 rings (SSSR count). The van der Waals surface area contributed by atoms with Gasteiger partial charge in [0.25, 0.3) is 0 Å². The molecule has 102 valence electrons. The first-order chi connectivity index (χ1) is 9.29. The van der Waals surface area contributed by atoms with Gasteiger partial charge in [-0.3, -0.25) is 0 Å². The van der Waals surface area contributed by atoms with E-state index in [1.54, 1.807) is 11.3 Å². The smallest absolute Gasteiger partial charge is 0.0901 e. The lowest BCUT2D eigenvalue weighted by Crippen LogP contribution is -2.02. The average Bonchev–Trinajstić information content (AvgIpc) is 2.86. The highest BCUT2D eigenvalue weighted by Gasteiger charge is 2.01. The van der Waals surface area contributed by atoms with Gasteiger partial charge in [-0.2, -0.15) is 11.8 Å². The predicted molar refractivity (Wildman–Crippen MR) is 88.4 cm³/mol. The second-order valence-electron chi connectivity index (χ2n) is 4.31. The lowest BCUT2D eigenvalue weighted by atomic mass is 10.1. The summed E-state index contributed by atoms with van der Waals surface area (Å²) < 4.78 is 0. The third-order valence-corrected chi connectivity index (χ3v) is 4.56. The van der Waals surface area contributed by atoms with Gasteiger partial charge >= 0.3 is 0 Å². The second-order valence-corrected chi connectivity index (χ2v) is 6.76. The zero-order valence-corrected chi connectivity index (χ0v) is 13.1. The third-order valence-electron chi connectivity index (χ3n) is 2.80. The van der Waals surface area contributed by atoms with Gasteiger partial charge in [-0.1, -0.05) is 19.1 Å². The first-order valence-corrected chi connectivity index (χ1v) is 8.67. The normalized spacial score (nSPS) is 10.6. The molecule has 1 N–H and O–H groups in total. The van der Waals surface area contributed by atoms with Gasteiger partial charge in [-0.25, -0.2) is 4.98 Å². The predicted octanol–water partition coefficient (Wildman–Crippen LogP) is 4.67. The number of benzene rings is 1. The van der Waals surface area contributed by atoms with E-state index < -0.39 is 0 Å². The van der Waals surface area contributed by atoms with Crippen molar-refractivity contribution < 1.29 is 0 Å². The first-order valence-electron chi connectivity index (χ1n) is 6.64. The van der Waals surface area contributed by atoms with Gasteiger partial charge in [-0.15, -0.1) is 11.3 Å². The van der Waals surface area contributed by atoms with Crippen LogP contribution in [0.4, 0.5) is 5.69 Å². The summed E-state index contributed by atoms with van der Waals surface area (Å²) in [4.78, 5) is 4.50. The van der Waals surface area contributed by atoms with Crippen molar-refractivity contribution in [2.75, 3.05) is 23.4 Å². The molecular weight excluding hydrogens is 272 g/mol. The maximum absolute atomic E-state index is 4.50. The van der Waals surface area contributed by atoms with Crippen LogP contribution in [0.2, 0.25) is 0 Å². The fourth-order valence-electron chi connectivity index (χ4n) is 1.81. The Bertz CT molecular complexity index is 491. The Morgan fingerprint density at radius 2 is 2.05 bits per heavy atom. The number of hydrogen-bond donors (Lipinski definition) is 1. The maximum Gasteiger partial charge on any atom is 0.0901 e. The van der Waals surface area contributed by atoms with Crippen LogP contribution in [0.1, 0.15) is 18.4 Å². The largest absolute Gasteiger partial charge is 0.385 e. The lowest BCUT2D eigenvalue weighted by Gasteiger charge is -2.06. The van der Waals surface area contributed by atoms with Gasteiger partial charge < -0.3 is 5.32 Å².